The first-order valence-corrected chi connectivity index (χ1v) is 8.11. The van der Waals surface area contributed by atoms with Crippen molar-refractivity contribution >= 4 is 40.1 Å². The summed E-state index contributed by atoms with van der Waals surface area (Å²) >= 11 is 2.80. The molecule has 0 saturated carbocycles. The summed E-state index contributed by atoms with van der Waals surface area (Å²) in [5.74, 6) is 0.0270. The summed E-state index contributed by atoms with van der Waals surface area (Å²) < 4.78 is 5.76. The van der Waals surface area contributed by atoms with Crippen molar-refractivity contribution in [2.24, 2.45) is 0 Å². The number of hydrogen-bond donors (Lipinski definition) is 2. The molecule has 3 N–H and O–H groups in total. The van der Waals surface area contributed by atoms with Crippen LogP contribution in [0.4, 0.5) is 5.13 Å². The van der Waals surface area contributed by atoms with Gasteiger partial charge in [-0.25, -0.2) is 4.98 Å². The Hall–Kier alpha value is -1.28. The number of carbonyl (C=O) groups excluding carboxylic acids is 2. The van der Waals surface area contributed by atoms with Crippen molar-refractivity contribution in [2.75, 3.05) is 24.6 Å². The van der Waals surface area contributed by atoms with Crippen LogP contribution in [0.25, 0.3) is 0 Å². The maximum Gasteiger partial charge on any atom is 0.305 e. The van der Waals surface area contributed by atoms with Gasteiger partial charge in [0.1, 0.15) is 0 Å². The van der Waals surface area contributed by atoms with Crippen molar-refractivity contribution in [3.63, 3.8) is 0 Å². The van der Waals surface area contributed by atoms with E-state index in [1.165, 1.54) is 23.1 Å². The monoisotopic (exact) mass is 317 g/mol. The molecule has 0 unspecified atom stereocenters. The lowest BCUT2D eigenvalue weighted by molar-refractivity contribution is -0.143. The van der Waals surface area contributed by atoms with E-state index in [-0.39, 0.29) is 11.9 Å². The Bertz CT molecular complexity index is 463. The van der Waals surface area contributed by atoms with Crippen molar-refractivity contribution in [3.05, 3.63) is 5.69 Å². The molecule has 112 valence electrons. The molecule has 0 bridgehead atoms. The van der Waals surface area contributed by atoms with Gasteiger partial charge in [-0.1, -0.05) is 11.3 Å². The first-order valence-electron chi connectivity index (χ1n) is 6.31. The summed E-state index contributed by atoms with van der Waals surface area (Å²) in [7, 11) is 0. The zero-order valence-electron chi connectivity index (χ0n) is 11.6. The molecule has 0 atom stereocenters. The number of esters is 1. The number of ether oxygens (including phenoxy) is 1. The number of nitrogens with zero attached hydrogens (tertiary/aromatic N) is 1. The molecule has 0 fully saturated rings. The highest BCUT2D eigenvalue weighted by molar-refractivity contribution is 8.01. The normalized spacial score (nSPS) is 10.3. The Balaban J connectivity index is 2.15. The van der Waals surface area contributed by atoms with Gasteiger partial charge < -0.3 is 15.8 Å². The zero-order chi connectivity index (χ0) is 15.0. The van der Waals surface area contributed by atoms with E-state index in [1.54, 1.807) is 6.92 Å². The van der Waals surface area contributed by atoms with Crippen LogP contribution in [0.3, 0.4) is 0 Å². The highest BCUT2D eigenvalue weighted by atomic mass is 32.2. The maximum absolute atomic E-state index is 11.6. The number of carbonyl (C=O) groups is 2. The van der Waals surface area contributed by atoms with E-state index < -0.39 is 0 Å². The minimum Gasteiger partial charge on any atom is -0.466 e. The molecule has 0 aliphatic heterocycles. The number of nitrogens with two attached hydrogens (primary N) is 1. The molecule has 20 heavy (non-hydrogen) atoms. The van der Waals surface area contributed by atoms with Gasteiger partial charge in [-0.05, 0) is 20.3 Å². The number of anilines is 1. The Kier molecular flexibility index (Phi) is 7.38. The van der Waals surface area contributed by atoms with Gasteiger partial charge in [0.25, 0.3) is 0 Å². The third-order valence-electron chi connectivity index (χ3n) is 2.29. The van der Waals surface area contributed by atoms with E-state index in [1.807, 2.05) is 6.92 Å². The third kappa shape index (κ3) is 6.25. The molecule has 0 radical (unpaired) electrons. The lowest BCUT2D eigenvalue weighted by Gasteiger charge is -2.04. The Morgan fingerprint density at radius 1 is 1.50 bits per heavy atom. The lowest BCUT2D eigenvalue weighted by atomic mass is 10.3. The van der Waals surface area contributed by atoms with Crippen LogP contribution >= 0.6 is 23.1 Å². The van der Waals surface area contributed by atoms with E-state index >= 15 is 0 Å². The average Bonchev–Trinajstić information content (AvgIpc) is 2.71. The van der Waals surface area contributed by atoms with Crippen LogP contribution in [-0.2, 0) is 14.3 Å². The minimum absolute atomic E-state index is 0.0646. The first-order chi connectivity index (χ1) is 9.52. The Labute approximate surface area is 126 Å². The molecule has 0 aliphatic carbocycles. The number of nitrogen functional groups attached to an aromatic ring is 1. The summed E-state index contributed by atoms with van der Waals surface area (Å²) in [6, 6.07) is 0. The molecule has 1 heterocycles. The summed E-state index contributed by atoms with van der Waals surface area (Å²) in [6.07, 6.45) is 0.910. The standard InChI is InChI=1S/C12H19N3O3S2/c1-3-18-10(17)5-4-6-14-9(16)7-19-11-8(2)15-12(13)20-11/h3-7H2,1-2H3,(H2,13,15)(H,14,16). The number of thioether (sulfide) groups is 1. The van der Waals surface area contributed by atoms with E-state index in [4.69, 9.17) is 10.5 Å². The second kappa shape index (κ2) is 8.80. The Morgan fingerprint density at radius 3 is 2.85 bits per heavy atom. The number of aromatic nitrogens is 1. The number of hydrogen-bond acceptors (Lipinski definition) is 7. The Morgan fingerprint density at radius 2 is 2.25 bits per heavy atom. The van der Waals surface area contributed by atoms with E-state index in [0.717, 1.165) is 9.90 Å². The third-order valence-corrected chi connectivity index (χ3v) is 4.64. The summed E-state index contributed by atoms with van der Waals surface area (Å²) in [5.41, 5.74) is 6.44. The summed E-state index contributed by atoms with van der Waals surface area (Å²) in [5, 5.41) is 3.28. The fourth-order valence-electron chi connectivity index (χ4n) is 1.41. The van der Waals surface area contributed by atoms with Gasteiger partial charge in [0.2, 0.25) is 5.91 Å². The predicted molar refractivity (Wildman–Crippen MR) is 80.9 cm³/mol. The lowest BCUT2D eigenvalue weighted by Crippen LogP contribution is -2.26. The highest BCUT2D eigenvalue weighted by Crippen LogP contribution is 2.30. The predicted octanol–water partition coefficient (Wildman–Crippen LogP) is 1.59. The second-order valence-corrected chi connectivity index (χ2v) is 6.25. The van der Waals surface area contributed by atoms with Crippen LogP contribution in [0, 0.1) is 6.92 Å². The van der Waals surface area contributed by atoms with Gasteiger partial charge in [-0.2, -0.15) is 0 Å². The fourth-order valence-corrected chi connectivity index (χ4v) is 3.27. The van der Waals surface area contributed by atoms with Crippen molar-refractivity contribution in [2.45, 2.75) is 30.9 Å². The molecule has 0 saturated heterocycles. The van der Waals surface area contributed by atoms with E-state index in [9.17, 15) is 9.59 Å². The van der Waals surface area contributed by atoms with Gasteiger partial charge in [0, 0.05) is 13.0 Å². The number of thiazole rings is 1. The second-order valence-electron chi connectivity index (χ2n) is 3.97. The minimum atomic E-state index is -0.230. The number of amides is 1. The molecule has 8 heteroatoms. The van der Waals surface area contributed by atoms with Crippen LogP contribution in [0.1, 0.15) is 25.5 Å². The van der Waals surface area contributed by atoms with Crippen molar-refractivity contribution in [1.29, 1.82) is 0 Å². The number of aryl methyl sites for hydroxylation is 1. The van der Waals surface area contributed by atoms with Gasteiger partial charge in [0.05, 0.1) is 22.3 Å². The van der Waals surface area contributed by atoms with Gasteiger partial charge >= 0.3 is 5.97 Å². The zero-order valence-corrected chi connectivity index (χ0v) is 13.2. The molecule has 1 aromatic heterocycles. The van der Waals surface area contributed by atoms with Crippen LogP contribution in [0.15, 0.2) is 4.21 Å². The van der Waals surface area contributed by atoms with Gasteiger partial charge in [-0.3, -0.25) is 9.59 Å². The molecule has 0 spiro atoms. The van der Waals surface area contributed by atoms with Crippen molar-refractivity contribution in [1.82, 2.24) is 10.3 Å². The van der Waals surface area contributed by atoms with Crippen LogP contribution in [0.5, 0.6) is 0 Å². The van der Waals surface area contributed by atoms with Crippen LogP contribution in [-0.4, -0.2) is 35.8 Å². The summed E-state index contributed by atoms with van der Waals surface area (Å²) in [4.78, 5) is 26.8. The molecule has 1 amide bonds. The van der Waals surface area contributed by atoms with E-state index in [0.29, 0.717) is 36.9 Å². The maximum atomic E-state index is 11.6. The van der Waals surface area contributed by atoms with Gasteiger partial charge in [0.15, 0.2) is 5.13 Å². The van der Waals surface area contributed by atoms with Crippen molar-refractivity contribution in [3.8, 4) is 0 Å². The quantitative estimate of drug-likeness (QED) is 0.429. The van der Waals surface area contributed by atoms with Crippen molar-refractivity contribution < 1.29 is 14.3 Å². The molecule has 1 rings (SSSR count). The number of rotatable bonds is 8. The fraction of sp³-hybridized carbons (Fsp3) is 0.583. The first kappa shape index (κ1) is 16.8. The molecule has 0 aliphatic rings. The molecular formula is C12H19N3O3S2. The molecule has 1 aromatic rings. The van der Waals surface area contributed by atoms with Crippen LogP contribution in [0.2, 0.25) is 0 Å². The smallest absolute Gasteiger partial charge is 0.305 e. The van der Waals surface area contributed by atoms with Gasteiger partial charge in [-0.15, -0.1) is 11.8 Å². The molecule has 0 aromatic carbocycles. The highest BCUT2D eigenvalue weighted by Gasteiger charge is 2.09. The molecular weight excluding hydrogens is 298 g/mol. The van der Waals surface area contributed by atoms with Crippen LogP contribution < -0.4 is 11.1 Å². The topological polar surface area (TPSA) is 94.3 Å². The summed E-state index contributed by atoms with van der Waals surface area (Å²) in [6.45, 7) is 4.50. The van der Waals surface area contributed by atoms with E-state index in [2.05, 4.69) is 10.3 Å². The average molecular weight is 317 g/mol. The molecule has 6 nitrogen and oxygen atoms in total. The largest absolute Gasteiger partial charge is 0.466 e. The number of nitrogens with one attached hydrogen (secondary N) is 1. The SMILES string of the molecule is CCOC(=O)CCCNC(=O)CSc1sc(N)nc1C.